The first-order valence-electron chi connectivity index (χ1n) is 9.28. The summed E-state index contributed by atoms with van der Waals surface area (Å²) in [6.07, 6.45) is 1.86. The quantitative estimate of drug-likeness (QED) is 0.255. The highest BCUT2D eigenvalue weighted by atomic mass is 79.9. The molecule has 154 valence electrons. The SMILES string of the molecule is O=c1/c(=C/c2cc(Br)c(OCc3ccccc3Cl)c(Br)c2)sc2nc3ccccc3n12. The van der Waals surface area contributed by atoms with Crippen LogP contribution in [0.5, 0.6) is 5.75 Å². The Bertz CT molecular complexity index is 1540. The number of hydrogen-bond donors (Lipinski definition) is 0. The number of ether oxygens (including phenoxy) is 1. The first-order chi connectivity index (χ1) is 15.0. The van der Waals surface area contributed by atoms with Gasteiger partial charge in [0.1, 0.15) is 12.4 Å². The predicted octanol–water partition coefficient (Wildman–Crippen LogP) is 6.21. The molecule has 8 heteroatoms. The van der Waals surface area contributed by atoms with Crippen molar-refractivity contribution < 1.29 is 4.74 Å². The van der Waals surface area contributed by atoms with E-state index in [0.717, 1.165) is 31.1 Å². The van der Waals surface area contributed by atoms with Gasteiger partial charge in [-0.1, -0.05) is 53.3 Å². The summed E-state index contributed by atoms with van der Waals surface area (Å²) in [5.41, 5.74) is 3.35. The molecular formula is C23H13Br2ClN2O2S. The second-order valence-electron chi connectivity index (χ2n) is 6.83. The number of fused-ring (bicyclic) bond motifs is 3. The summed E-state index contributed by atoms with van der Waals surface area (Å²) < 4.78 is 9.82. The van der Waals surface area contributed by atoms with Gasteiger partial charge in [-0.05, 0) is 73.8 Å². The van der Waals surface area contributed by atoms with Crippen molar-refractivity contribution in [3.8, 4) is 5.75 Å². The molecule has 0 aliphatic carbocycles. The van der Waals surface area contributed by atoms with Crippen molar-refractivity contribution >= 4 is 76.9 Å². The van der Waals surface area contributed by atoms with Crippen molar-refractivity contribution in [3.63, 3.8) is 0 Å². The standard InChI is InChI=1S/C23H13Br2ClN2O2S/c24-15-9-13(10-16(25)21(15)30-12-14-5-1-2-6-17(14)26)11-20-22(29)28-19-8-4-3-7-18(19)27-23(28)31-20/h1-11H,12H2/b20-11-. The van der Waals surface area contributed by atoms with Crippen LogP contribution in [0.2, 0.25) is 5.02 Å². The fourth-order valence-electron chi connectivity index (χ4n) is 3.33. The molecule has 5 rings (SSSR count). The number of hydrogen-bond acceptors (Lipinski definition) is 4. The molecule has 0 aliphatic heterocycles. The van der Waals surface area contributed by atoms with Gasteiger partial charge in [0.05, 0.1) is 24.5 Å². The number of imidazole rings is 1. The zero-order valence-electron chi connectivity index (χ0n) is 15.8. The summed E-state index contributed by atoms with van der Waals surface area (Å²) in [6, 6.07) is 19.1. The van der Waals surface area contributed by atoms with E-state index in [1.807, 2.05) is 66.7 Å². The fraction of sp³-hybridized carbons (Fsp3) is 0.0435. The Morgan fingerprint density at radius 2 is 1.77 bits per heavy atom. The van der Waals surface area contributed by atoms with E-state index >= 15 is 0 Å². The smallest absolute Gasteiger partial charge is 0.274 e. The van der Waals surface area contributed by atoms with E-state index in [9.17, 15) is 4.79 Å². The van der Waals surface area contributed by atoms with Gasteiger partial charge in [0, 0.05) is 10.6 Å². The van der Waals surface area contributed by atoms with E-state index in [0.29, 0.717) is 26.9 Å². The van der Waals surface area contributed by atoms with Crippen LogP contribution in [0.15, 0.2) is 74.4 Å². The van der Waals surface area contributed by atoms with Crippen LogP contribution in [0.3, 0.4) is 0 Å². The van der Waals surface area contributed by atoms with Crippen LogP contribution >= 0.6 is 54.8 Å². The lowest BCUT2D eigenvalue weighted by atomic mass is 10.2. The lowest BCUT2D eigenvalue weighted by Crippen LogP contribution is -2.22. The highest BCUT2D eigenvalue weighted by Crippen LogP contribution is 2.36. The van der Waals surface area contributed by atoms with Crippen molar-refractivity contribution in [3.05, 3.63) is 101 Å². The molecule has 31 heavy (non-hydrogen) atoms. The Balaban J connectivity index is 1.50. The minimum atomic E-state index is -0.0695. The fourth-order valence-corrected chi connectivity index (χ4v) is 5.96. The summed E-state index contributed by atoms with van der Waals surface area (Å²) >= 11 is 14.8. The van der Waals surface area contributed by atoms with E-state index < -0.39 is 0 Å². The second-order valence-corrected chi connectivity index (χ2v) is 9.95. The Kier molecular flexibility index (Phi) is 5.60. The number of aromatic nitrogens is 2. The molecule has 3 aromatic carbocycles. The molecule has 0 radical (unpaired) electrons. The lowest BCUT2D eigenvalue weighted by molar-refractivity contribution is 0.302. The van der Waals surface area contributed by atoms with Gasteiger partial charge in [-0.3, -0.25) is 4.79 Å². The maximum atomic E-state index is 13.0. The molecule has 0 aliphatic rings. The normalized spacial score (nSPS) is 12.2. The van der Waals surface area contributed by atoms with Crippen LogP contribution < -0.4 is 14.8 Å². The first kappa shape index (κ1) is 20.7. The third-order valence-electron chi connectivity index (χ3n) is 4.79. The van der Waals surface area contributed by atoms with E-state index in [4.69, 9.17) is 16.3 Å². The number of benzene rings is 3. The molecule has 0 atom stereocenters. The van der Waals surface area contributed by atoms with Gasteiger partial charge in [-0.25, -0.2) is 9.38 Å². The summed E-state index contributed by atoms with van der Waals surface area (Å²) in [5.74, 6) is 0.673. The van der Waals surface area contributed by atoms with E-state index in [-0.39, 0.29) is 5.56 Å². The number of rotatable bonds is 4. The minimum Gasteiger partial charge on any atom is -0.486 e. The average Bonchev–Trinajstić information content (AvgIpc) is 3.25. The van der Waals surface area contributed by atoms with Gasteiger partial charge in [0.15, 0.2) is 4.96 Å². The van der Waals surface area contributed by atoms with E-state index in [2.05, 4.69) is 36.8 Å². The lowest BCUT2D eigenvalue weighted by Gasteiger charge is -2.12. The molecule has 5 aromatic rings. The summed E-state index contributed by atoms with van der Waals surface area (Å²) in [5, 5.41) is 0.665. The first-order valence-corrected chi connectivity index (χ1v) is 12.1. The Morgan fingerprint density at radius 3 is 2.55 bits per heavy atom. The third-order valence-corrected chi connectivity index (χ3v) is 7.31. The second kappa shape index (κ2) is 8.39. The topological polar surface area (TPSA) is 43.6 Å². The van der Waals surface area contributed by atoms with Crippen molar-refractivity contribution in [2.45, 2.75) is 6.61 Å². The van der Waals surface area contributed by atoms with Gasteiger partial charge >= 0.3 is 0 Å². The van der Waals surface area contributed by atoms with Crippen LogP contribution in [0, 0.1) is 0 Å². The van der Waals surface area contributed by atoms with Crippen LogP contribution in [-0.2, 0) is 6.61 Å². The zero-order valence-corrected chi connectivity index (χ0v) is 20.6. The van der Waals surface area contributed by atoms with Crippen molar-refractivity contribution in [1.82, 2.24) is 9.38 Å². The van der Waals surface area contributed by atoms with Crippen molar-refractivity contribution in [1.29, 1.82) is 0 Å². The summed E-state index contributed by atoms with van der Waals surface area (Å²) in [7, 11) is 0. The van der Waals surface area contributed by atoms with Crippen LogP contribution in [-0.4, -0.2) is 9.38 Å². The largest absolute Gasteiger partial charge is 0.486 e. The predicted molar refractivity (Wildman–Crippen MR) is 133 cm³/mol. The Morgan fingerprint density at radius 1 is 1.06 bits per heavy atom. The molecule has 0 N–H and O–H groups in total. The van der Waals surface area contributed by atoms with Crippen molar-refractivity contribution in [2.75, 3.05) is 0 Å². The van der Waals surface area contributed by atoms with Gasteiger partial charge in [0.25, 0.3) is 5.56 Å². The number of halogens is 3. The van der Waals surface area contributed by atoms with E-state index in [1.165, 1.54) is 11.3 Å². The molecule has 0 fully saturated rings. The molecule has 0 unspecified atom stereocenters. The monoisotopic (exact) mass is 574 g/mol. The van der Waals surface area contributed by atoms with Crippen molar-refractivity contribution in [2.24, 2.45) is 0 Å². The Hall–Kier alpha value is -2.19. The maximum absolute atomic E-state index is 13.0. The van der Waals surface area contributed by atoms with Gasteiger partial charge < -0.3 is 4.74 Å². The Labute approximate surface area is 203 Å². The molecule has 4 nitrogen and oxygen atoms in total. The summed E-state index contributed by atoms with van der Waals surface area (Å²) in [4.78, 5) is 18.2. The molecule has 0 amide bonds. The van der Waals surface area contributed by atoms with Gasteiger partial charge in [-0.2, -0.15) is 0 Å². The molecule has 0 bridgehead atoms. The summed E-state index contributed by atoms with van der Waals surface area (Å²) in [6.45, 7) is 0.347. The molecular weight excluding hydrogens is 564 g/mol. The number of para-hydroxylation sites is 2. The number of nitrogens with zero attached hydrogens (tertiary/aromatic N) is 2. The van der Waals surface area contributed by atoms with Crippen LogP contribution in [0.25, 0.3) is 22.1 Å². The molecule has 0 spiro atoms. The molecule has 2 aromatic heterocycles. The van der Waals surface area contributed by atoms with Crippen LogP contribution in [0.4, 0.5) is 0 Å². The third kappa shape index (κ3) is 3.91. The zero-order chi connectivity index (χ0) is 21.5. The highest BCUT2D eigenvalue weighted by Gasteiger charge is 2.13. The van der Waals surface area contributed by atoms with Crippen LogP contribution in [0.1, 0.15) is 11.1 Å². The molecule has 0 saturated carbocycles. The number of thiazole rings is 1. The minimum absolute atomic E-state index is 0.0695. The highest BCUT2D eigenvalue weighted by molar-refractivity contribution is 9.11. The molecule has 2 heterocycles. The molecule has 0 saturated heterocycles. The van der Waals surface area contributed by atoms with E-state index in [1.54, 1.807) is 4.40 Å². The van der Waals surface area contributed by atoms with Gasteiger partial charge in [0.2, 0.25) is 0 Å². The van der Waals surface area contributed by atoms with Gasteiger partial charge in [-0.15, -0.1) is 0 Å². The maximum Gasteiger partial charge on any atom is 0.274 e. The average molecular weight is 577 g/mol.